The molecule has 0 atom stereocenters. The first-order valence-electron chi connectivity index (χ1n) is 5.40. The summed E-state index contributed by atoms with van der Waals surface area (Å²) in [5, 5.41) is 13.3. The molecule has 1 aliphatic carbocycles. The van der Waals surface area contributed by atoms with Gasteiger partial charge in [0.15, 0.2) is 0 Å². The Hall–Kier alpha value is -1.06. The third-order valence-corrected chi connectivity index (χ3v) is 3.17. The molecule has 2 rings (SSSR count). The highest BCUT2D eigenvalue weighted by molar-refractivity contribution is 6.30. The van der Waals surface area contributed by atoms with Crippen LogP contribution in [0.1, 0.15) is 25.7 Å². The van der Waals surface area contributed by atoms with Gasteiger partial charge >= 0.3 is 0 Å². The fourth-order valence-electron chi connectivity index (χ4n) is 2.00. The molecule has 0 aliphatic heterocycles. The smallest absolute Gasteiger partial charge is 0.256 e. The summed E-state index contributed by atoms with van der Waals surface area (Å²) in [6.45, 7) is 0. The zero-order chi connectivity index (χ0) is 11.6. The van der Waals surface area contributed by atoms with E-state index in [-0.39, 0.29) is 5.91 Å². The molecule has 1 aliphatic rings. The molecule has 86 valence electrons. The average molecular weight is 240 g/mol. The summed E-state index contributed by atoms with van der Waals surface area (Å²) in [4.78, 5) is 11.8. The van der Waals surface area contributed by atoms with E-state index in [1.165, 1.54) is 0 Å². The molecule has 0 saturated heterocycles. The largest absolute Gasteiger partial charge is 0.380 e. The second kappa shape index (κ2) is 4.44. The Kier molecular flexibility index (Phi) is 3.17. The van der Waals surface area contributed by atoms with Crippen molar-refractivity contribution >= 4 is 23.2 Å². The van der Waals surface area contributed by atoms with Gasteiger partial charge in [0.05, 0.1) is 0 Å². The van der Waals surface area contributed by atoms with Crippen molar-refractivity contribution in [2.24, 2.45) is 0 Å². The van der Waals surface area contributed by atoms with Crippen molar-refractivity contribution < 1.29 is 9.90 Å². The molecule has 1 fully saturated rings. The van der Waals surface area contributed by atoms with Crippen LogP contribution in [0.5, 0.6) is 0 Å². The van der Waals surface area contributed by atoms with Crippen LogP contribution in [-0.4, -0.2) is 16.6 Å². The van der Waals surface area contributed by atoms with Crippen molar-refractivity contribution in [1.29, 1.82) is 0 Å². The molecule has 1 aromatic carbocycles. The van der Waals surface area contributed by atoms with Crippen LogP contribution in [0.2, 0.25) is 5.02 Å². The minimum atomic E-state index is -1.19. The first kappa shape index (κ1) is 11.4. The first-order chi connectivity index (χ1) is 7.60. The van der Waals surface area contributed by atoms with E-state index in [4.69, 9.17) is 11.6 Å². The fraction of sp³-hybridized carbons (Fsp3) is 0.417. The summed E-state index contributed by atoms with van der Waals surface area (Å²) in [6.07, 6.45) is 2.89. The Morgan fingerprint density at radius 3 is 2.69 bits per heavy atom. The highest BCUT2D eigenvalue weighted by atomic mass is 35.5. The number of aliphatic hydroxyl groups is 1. The van der Waals surface area contributed by atoms with Crippen LogP contribution < -0.4 is 5.32 Å². The quantitative estimate of drug-likeness (QED) is 0.834. The maximum absolute atomic E-state index is 11.8. The molecule has 0 radical (unpaired) electrons. The molecule has 0 heterocycles. The van der Waals surface area contributed by atoms with Crippen LogP contribution in [0.25, 0.3) is 0 Å². The van der Waals surface area contributed by atoms with Crippen LogP contribution in [0.15, 0.2) is 24.3 Å². The minimum Gasteiger partial charge on any atom is -0.380 e. The van der Waals surface area contributed by atoms with Crippen molar-refractivity contribution in [2.75, 3.05) is 5.32 Å². The molecule has 0 unspecified atom stereocenters. The summed E-state index contributed by atoms with van der Waals surface area (Å²) in [7, 11) is 0. The number of benzene rings is 1. The third kappa shape index (κ3) is 2.36. The van der Waals surface area contributed by atoms with Crippen LogP contribution in [-0.2, 0) is 4.79 Å². The number of anilines is 1. The molecule has 0 aromatic heterocycles. The Labute approximate surface area is 99.4 Å². The van der Waals surface area contributed by atoms with Gasteiger partial charge in [-0.15, -0.1) is 0 Å². The summed E-state index contributed by atoms with van der Waals surface area (Å²) in [5.41, 5.74) is -0.569. The maximum Gasteiger partial charge on any atom is 0.256 e. The molecule has 1 aromatic rings. The monoisotopic (exact) mass is 239 g/mol. The molecule has 4 heteroatoms. The minimum absolute atomic E-state index is 0.327. The van der Waals surface area contributed by atoms with E-state index < -0.39 is 5.60 Å². The van der Waals surface area contributed by atoms with E-state index in [1.807, 2.05) is 0 Å². The van der Waals surface area contributed by atoms with E-state index in [9.17, 15) is 9.90 Å². The van der Waals surface area contributed by atoms with E-state index in [1.54, 1.807) is 24.3 Å². The lowest BCUT2D eigenvalue weighted by Crippen LogP contribution is -2.40. The van der Waals surface area contributed by atoms with Crippen molar-refractivity contribution in [1.82, 2.24) is 0 Å². The van der Waals surface area contributed by atoms with Gasteiger partial charge < -0.3 is 10.4 Å². The molecular weight excluding hydrogens is 226 g/mol. The molecule has 0 bridgehead atoms. The van der Waals surface area contributed by atoms with Gasteiger partial charge in [-0.05, 0) is 43.9 Å². The number of rotatable bonds is 2. The predicted molar refractivity (Wildman–Crippen MR) is 63.5 cm³/mol. The highest BCUT2D eigenvalue weighted by Crippen LogP contribution is 2.30. The van der Waals surface area contributed by atoms with Gasteiger partial charge in [-0.2, -0.15) is 0 Å². The van der Waals surface area contributed by atoms with Gasteiger partial charge in [-0.25, -0.2) is 0 Å². The number of carbonyl (C=O) groups is 1. The lowest BCUT2D eigenvalue weighted by Gasteiger charge is -2.20. The molecular formula is C12H14ClNO2. The summed E-state index contributed by atoms with van der Waals surface area (Å²) >= 11 is 5.81. The van der Waals surface area contributed by atoms with Gasteiger partial charge in [-0.1, -0.05) is 17.7 Å². The zero-order valence-corrected chi connectivity index (χ0v) is 9.63. The lowest BCUT2D eigenvalue weighted by molar-refractivity contribution is -0.133. The Balaban J connectivity index is 2.07. The van der Waals surface area contributed by atoms with Crippen molar-refractivity contribution in [3.8, 4) is 0 Å². The lowest BCUT2D eigenvalue weighted by atomic mass is 10.0. The third-order valence-electron chi connectivity index (χ3n) is 2.94. The van der Waals surface area contributed by atoms with Gasteiger partial charge in [0, 0.05) is 10.7 Å². The maximum atomic E-state index is 11.8. The number of halogens is 1. The van der Waals surface area contributed by atoms with Gasteiger partial charge in [0.1, 0.15) is 5.60 Å². The van der Waals surface area contributed by atoms with Crippen molar-refractivity contribution in [2.45, 2.75) is 31.3 Å². The average Bonchev–Trinajstić information content (AvgIpc) is 2.66. The van der Waals surface area contributed by atoms with E-state index in [2.05, 4.69) is 5.32 Å². The highest BCUT2D eigenvalue weighted by Gasteiger charge is 2.38. The van der Waals surface area contributed by atoms with Gasteiger partial charge in [0.2, 0.25) is 0 Å². The van der Waals surface area contributed by atoms with E-state index >= 15 is 0 Å². The SMILES string of the molecule is O=C(Nc1cccc(Cl)c1)C1(O)CCCC1. The van der Waals surface area contributed by atoms with Crippen LogP contribution >= 0.6 is 11.6 Å². The van der Waals surface area contributed by atoms with E-state index in [0.29, 0.717) is 23.6 Å². The van der Waals surface area contributed by atoms with E-state index in [0.717, 1.165) is 12.8 Å². The van der Waals surface area contributed by atoms with Crippen molar-refractivity contribution in [3.05, 3.63) is 29.3 Å². The summed E-state index contributed by atoms with van der Waals surface area (Å²) in [6, 6.07) is 6.91. The fourth-order valence-corrected chi connectivity index (χ4v) is 2.19. The first-order valence-corrected chi connectivity index (χ1v) is 5.77. The van der Waals surface area contributed by atoms with Crippen molar-refractivity contribution in [3.63, 3.8) is 0 Å². The Bertz CT molecular complexity index is 400. The molecule has 16 heavy (non-hydrogen) atoms. The Morgan fingerprint density at radius 2 is 2.06 bits per heavy atom. The van der Waals surface area contributed by atoms with Gasteiger partial charge in [-0.3, -0.25) is 4.79 Å². The number of hydrogen-bond donors (Lipinski definition) is 2. The standard InChI is InChI=1S/C12H14ClNO2/c13-9-4-3-5-10(8-9)14-11(15)12(16)6-1-2-7-12/h3-5,8,16H,1-2,6-7H2,(H,14,15). The van der Waals surface area contributed by atoms with Crippen LogP contribution in [0.3, 0.4) is 0 Å². The number of hydrogen-bond acceptors (Lipinski definition) is 2. The molecule has 0 spiro atoms. The molecule has 1 saturated carbocycles. The number of nitrogens with one attached hydrogen (secondary N) is 1. The number of amides is 1. The normalized spacial score (nSPS) is 18.4. The number of carbonyl (C=O) groups excluding carboxylic acids is 1. The van der Waals surface area contributed by atoms with Crippen LogP contribution in [0.4, 0.5) is 5.69 Å². The second-order valence-electron chi connectivity index (χ2n) is 4.20. The van der Waals surface area contributed by atoms with Crippen LogP contribution in [0, 0.1) is 0 Å². The molecule has 2 N–H and O–H groups in total. The topological polar surface area (TPSA) is 49.3 Å². The molecule has 1 amide bonds. The predicted octanol–water partition coefficient (Wildman–Crippen LogP) is 2.58. The zero-order valence-electron chi connectivity index (χ0n) is 8.87. The molecule has 3 nitrogen and oxygen atoms in total. The Morgan fingerprint density at radius 1 is 1.38 bits per heavy atom. The van der Waals surface area contributed by atoms with Gasteiger partial charge in [0.25, 0.3) is 5.91 Å². The second-order valence-corrected chi connectivity index (χ2v) is 4.64. The summed E-state index contributed by atoms with van der Waals surface area (Å²) in [5.74, 6) is -0.327. The summed E-state index contributed by atoms with van der Waals surface area (Å²) < 4.78 is 0.